The molecule has 0 aromatic carbocycles. The van der Waals surface area contributed by atoms with Crippen molar-refractivity contribution in [1.29, 1.82) is 0 Å². The first kappa shape index (κ1) is 22.9. The molecule has 2 nitrogen and oxygen atoms in total. The van der Waals surface area contributed by atoms with E-state index in [1.807, 2.05) is 0 Å². The fourth-order valence-electron chi connectivity index (χ4n) is 3.16. The number of hydrogen-bond acceptors (Lipinski definition) is 2. The van der Waals surface area contributed by atoms with E-state index in [4.69, 9.17) is 4.74 Å². The van der Waals surface area contributed by atoms with Crippen LogP contribution in [-0.4, -0.2) is 17.5 Å². The molecule has 2 heteroatoms. The molecule has 0 aliphatic carbocycles. The first-order valence-corrected chi connectivity index (χ1v) is 10.5. The molecule has 0 aliphatic heterocycles. The molecule has 0 aromatic rings. The minimum Gasteiger partial charge on any atom is -0.365 e. The summed E-state index contributed by atoms with van der Waals surface area (Å²) in [5.41, 5.74) is 0. The quantitative estimate of drug-likeness (QED) is 0.217. The van der Waals surface area contributed by atoms with Crippen LogP contribution in [0.15, 0.2) is 0 Å². The monoisotopic (exact) mass is 328 g/mol. The summed E-state index contributed by atoms with van der Waals surface area (Å²) in [6.07, 6.45) is 19.2. The zero-order chi connectivity index (χ0) is 17.2. The van der Waals surface area contributed by atoms with Crippen LogP contribution in [0.5, 0.6) is 0 Å². The highest BCUT2D eigenvalue weighted by atomic mass is 16.6. The lowest BCUT2D eigenvalue weighted by Crippen LogP contribution is -2.32. The lowest BCUT2D eigenvalue weighted by molar-refractivity contribution is -0.213. The van der Waals surface area contributed by atoms with Gasteiger partial charge >= 0.3 is 0 Å². The van der Waals surface area contributed by atoms with Crippen LogP contribution in [0.25, 0.3) is 0 Å². The molecule has 1 unspecified atom stereocenters. The van der Waals surface area contributed by atoms with Crippen LogP contribution < -0.4 is 0 Å². The Kier molecular flexibility index (Phi) is 16.7. The molecule has 0 aliphatic rings. The third-order valence-electron chi connectivity index (χ3n) is 4.68. The summed E-state index contributed by atoms with van der Waals surface area (Å²) in [5, 5.41) is 10.6. The Hall–Kier alpha value is -0.0800. The van der Waals surface area contributed by atoms with Crippen molar-refractivity contribution < 1.29 is 9.84 Å². The second-order valence-corrected chi connectivity index (χ2v) is 7.18. The van der Waals surface area contributed by atoms with Gasteiger partial charge in [-0.25, -0.2) is 0 Å². The van der Waals surface area contributed by atoms with E-state index in [0.717, 1.165) is 38.7 Å². The van der Waals surface area contributed by atoms with Crippen LogP contribution in [0, 0.1) is 0 Å². The maximum Gasteiger partial charge on any atom is 0.165 e. The first-order chi connectivity index (χ1) is 11.2. The summed E-state index contributed by atoms with van der Waals surface area (Å²) in [5.74, 6) is -0.859. The highest BCUT2D eigenvalue weighted by Crippen LogP contribution is 2.23. The van der Waals surface area contributed by atoms with Crippen molar-refractivity contribution in [2.45, 2.75) is 129 Å². The summed E-state index contributed by atoms with van der Waals surface area (Å²) in [4.78, 5) is 0. The fraction of sp³-hybridized carbons (Fsp3) is 1.00. The molecule has 0 radical (unpaired) electrons. The molecule has 23 heavy (non-hydrogen) atoms. The van der Waals surface area contributed by atoms with Crippen LogP contribution >= 0.6 is 0 Å². The second-order valence-electron chi connectivity index (χ2n) is 7.18. The Morgan fingerprint density at radius 2 is 1.04 bits per heavy atom. The van der Waals surface area contributed by atoms with Crippen LogP contribution in [0.3, 0.4) is 0 Å². The van der Waals surface area contributed by atoms with E-state index in [0.29, 0.717) is 0 Å². The van der Waals surface area contributed by atoms with Gasteiger partial charge in [-0.05, 0) is 12.8 Å². The summed E-state index contributed by atoms with van der Waals surface area (Å²) < 4.78 is 5.88. The summed E-state index contributed by atoms with van der Waals surface area (Å²) in [7, 11) is 0. The van der Waals surface area contributed by atoms with Crippen LogP contribution in [0.1, 0.15) is 124 Å². The predicted octanol–water partition coefficient (Wildman–Crippen LogP) is 6.99. The van der Waals surface area contributed by atoms with Crippen molar-refractivity contribution in [3.8, 4) is 0 Å². The molecule has 0 saturated carbocycles. The van der Waals surface area contributed by atoms with Gasteiger partial charge in [0, 0.05) is 12.8 Å². The smallest absolute Gasteiger partial charge is 0.165 e. The molecule has 0 saturated heterocycles. The Labute approximate surface area is 146 Å². The molecule has 0 heterocycles. The van der Waals surface area contributed by atoms with E-state index < -0.39 is 5.79 Å². The van der Waals surface area contributed by atoms with Crippen molar-refractivity contribution >= 4 is 0 Å². The van der Waals surface area contributed by atoms with E-state index in [9.17, 15) is 5.11 Å². The van der Waals surface area contributed by atoms with Crippen molar-refractivity contribution in [3.63, 3.8) is 0 Å². The molecular formula is C21H44O2. The Bertz CT molecular complexity index is 230. The Morgan fingerprint density at radius 3 is 1.57 bits per heavy atom. The lowest BCUT2D eigenvalue weighted by atomic mass is 10.0. The van der Waals surface area contributed by atoms with E-state index in [-0.39, 0.29) is 0 Å². The molecule has 140 valence electrons. The van der Waals surface area contributed by atoms with Gasteiger partial charge in [0.2, 0.25) is 0 Å². The lowest BCUT2D eigenvalue weighted by Gasteiger charge is -2.28. The topological polar surface area (TPSA) is 29.5 Å². The van der Waals surface area contributed by atoms with E-state index in [1.165, 1.54) is 70.6 Å². The van der Waals surface area contributed by atoms with Crippen molar-refractivity contribution in [2.24, 2.45) is 0 Å². The largest absolute Gasteiger partial charge is 0.365 e. The highest BCUT2D eigenvalue weighted by Gasteiger charge is 2.25. The van der Waals surface area contributed by atoms with Crippen molar-refractivity contribution in [3.05, 3.63) is 0 Å². The van der Waals surface area contributed by atoms with Gasteiger partial charge in [0.15, 0.2) is 5.79 Å². The summed E-state index contributed by atoms with van der Waals surface area (Å²) in [6, 6.07) is 0. The third-order valence-corrected chi connectivity index (χ3v) is 4.68. The van der Waals surface area contributed by atoms with Gasteiger partial charge < -0.3 is 9.84 Å². The molecule has 1 N–H and O–H groups in total. The fourth-order valence-corrected chi connectivity index (χ4v) is 3.16. The number of rotatable bonds is 18. The maximum absolute atomic E-state index is 10.6. The van der Waals surface area contributed by atoms with E-state index >= 15 is 0 Å². The van der Waals surface area contributed by atoms with Crippen LogP contribution in [0.2, 0.25) is 0 Å². The molecule has 0 spiro atoms. The van der Waals surface area contributed by atoms with Crippen LogP contribution in [-0.2, 0) is 4.74 Å². The highest BCUT2D eigenvalue weighted by molar-refractivity contribution is 4.67. The van der Waals surface area contributed by atoms with Gasteiger partial charge in [-0.2, -0.15) is 0 Å². The number of aliphatic hydroxyl groups is 1. The van der Waals surface area contributed by atoms with Gasteiger partial charge in [-0.15, -0.1) is 0 Å². The standard InChI is InChI=1S/C21H44O2/c1-4-7-9-11-12-13-15-17-20-23-21(22,18-6-3)19-16-14-10-8-5-2/h22H,4-20H2,1-3H3. The van der Waals surface area contributed by atoms with Gasteiger partial charge in [0.25, 0.3) is 0 Å². The molecule has 1 atom stereocenters. The normalized spacial score (nSPS) is 14.1. The average Bonchev–Trinajstić information content (AvgIpc) is 2.53. The summed E-state index contributed by atoms with van der Waals surface area (Å²) in [6.45, 7) is 7.35. The zero-order valence-corrected chi connectivity index (χ0v) is 16.4. The van der Waals surface area contributed by atoms with Gasteiger partial charge in [0.05, 0.1) is 6.61 Å². The zero-order valence-electron chi connectivity index (χ0n) is 16.4. The van der Waals surface area contributed by atoms with Crippen molar-refractivity contribution in [1.82, 2.24) is 0 Å². The van der Waals surface area contributed by atoms with Gasteiger partial charge in [0.1, 0.15) is 0 Å². The number of unbranched alkanes of at least 4 members (excludes halogenated alkanes) is 11. The maximum atomic E-state index is 10.6. The minimum atomic E-state index is -0.859. The molecule has 0 fully saturated rings. The van der Waals surface area contributed by atoms with Crippen LogP contribution in [0.4, 0.5) is 0 Å². The summed E-state index contributed by atoms with van der Waals surface area (Å²) >= 11 is 0. The predicted molar refractivity (Wildman–Crippen MR) is 102 cm³/mol. The molecule has 0 amide bonds. The average molecular weight is 329 g/mol. The third kappa shape index (κ3) is 15.2. The van der Waals surface area contributed by atoms with Gasteiger partial charge in [-0.3, -0.25) is 0 Å². The Morgan fingerprint density at radius 1 is 0.565 bits per heavy atom. The Balaban J connectivity index is 3.64. The molecule has 0 bridgehead atoms. The van der Waals surface area contributed by atoms with E-state index in [2.05, 4.69) is 20.8 Å². The van der Waals surface area contributed by atoms with Gasteiger partial charge in [-0.1, -0.05) is 97.8 Å². The number of ether oxygens (including phenoxy) is 1. The minimum absolute atomic E-state index is 0.723. The first-order valence-electron chi connectivity index (χ1n) is 10.5. The molecule has 0 aromatic heterocycles. The van der Waals surface area contributed by atoms with Crippen molar-refractivity contribution in [2.75, 3.05) is 6.61 Å². The SMILES string of the molecule is CCCCCCCCCCOC(O)(CCC)CCCCCCC. The number of hydrogen-bond donors (Lipinski definition) is 1. The molecular weight excluding hydrogens is 284 g/mol. The molecule has 0 rings (SSSR count). The van der Waals surface area contributed by atoms with E-state index in [1.54, 1.807) is 0 Å². The second kappa shape index (κ2) is 16.8.